The van der Waals surface area contributed by atoms with Gasteiger partial charge in [-0.25, -0.2) is 0 Å². The second-order valence-electron chi connectivity index (χ2n) is 6.67. The molecule has 0 aromatic heterocycles. The van der Waals surface area contributed by atoms with E-state index in [4.69, 9.17) is 0 Å². The zero-order valence-corrected chi connectivity index (χ0v) is 11.8. The van der Waals surface area contributed by atoms with E-state index < -0.39 is 0 Å². The molecule has 3 fully saturated rings. The van der Waals surface area contributed by atoms with Crippen molar-refractivity contribution in [2.24, 2.45) is 11.8 Å². The Bertz CT molecular complexity index is 356. The number of rotatable bonds is 2. The summed E-state index contributed by atoms with van der Waals surface area (Å²) < 4.78 is 0. The van der Waals surface area contributed by atoms with Gasteiger partial charge in [-0.15, -0.1) is 0 Å². The molecule has 1 amide bonds. The summed E-state index contributed by atoms with van der Waals surface area (Å²) in [5.74, 6) is 2.01. The van der Waals surface area contributed by atoms with Crippen molar-refractivity contribution >= 4 is 11.7 Å². The molecular weight excluding hydrogens is 238 g/mol. The fourth-order valence-electron chi connectivity index (χ4n) is 4.33. The third-order valence-electron chi connectivity index (χ3n) is 5.44. The number of Topliss-reactive ketones (excluding diaryl/α,β-unsaturated/α-hetero) is 1. The number of carbonyl (C=O) groups is 2. The van der Waals surface area contributed by atoms with Crippen molar-refractivity contribution in [2.45, 2.75) is 70.3 Å². The smallest absolute Gasteiger partial charge is 0.223 e. The second-order valence-corrected chi connectivity index (χ2v) is 6.67. The van der Waals surface area contributed by atoms with Gasteiger partial charge in [0.25, 0.3) is 0 Å². The zero-order valence-electron chi connectivity index (χ0n) is 11.8. The molecular formula is C16H25NO2. The van der Waals surface area contributed by atoms with E-state index in [-0.39, 0.29) is 0 Å². The van der Waals surface area contributed by atoms with E-state index in [1.165, 1.54) is 32.1 Å². The average Bonchev–Trinajstić information content (AvgIpc) is 2.89. The van der Waals surface area contributed by atoms with E-state index in [1.807, 2.05) is 0 Å². The third kappa shape index (κ3) is 2.85. The molecule has 2 saturated carbocycles. The van der Waals surface area contributed by atoms with Crippen LogP contribution in [0.1, 0.15) is 64.2 Å². The van der Waals surface area contributed by atoms with E-state index >= 15 is 0 Å². The van der Waals surface area contributed by atoms with Crippen LogP contribution in [0.2, 0.25) is 0 Å². The molecule has 2 aliphatic carbocycles. The first-order valence-electron chi connectivity index (χ1n) is 8.05. The van der Waals surface area contributed by atoms with Gasteiger partial charge in [0.15, 0.2) is 0 Å². The van der Waals surface area contributed by atoms with Crippen LogP contribution in [0.15, 0.2) is 0 Å². The van der Waals surface area contributed by atoms with Crippen molar-refractivity contribution in [3.63, 3.8) is 0 Å². The summed E-state index contributed by atoms with van der Waals surface area (Å²) in [6, 6.07) is 0.548. The largest absolute Gasteiger partial charge is 0.339 e. The first-order valence-corrected chi connectivity index (χ1v) is 8.05. The summed E-state index contributed by atoms with van der Waals surface area (Å²) in [5, 5.41) is 0. The topological polar surface area (TPSA) is 37.4 Å². The van der Waals surface area contributed by atoms with Gasteiger partial charge in [0, 0.05) is 31.8 Å². The number of piperidine rings is 1. The Morgan fingerprint density at radius 3 is 2.58 bits per heavy atom. The van der Waals surface area contributed by atoms with E-state index in [2.05, 4.69) is 4.90 Å². The van der Waals surface area contributed by atoms with Crippen LogP contribution >= 0.6 is 0 Å². The van der Waals surface area contributed by atoms with Gasteiger partial charge in [-0.05, 0) is 50.4 Å². The number of amides is 1. The van der Waals surface area contributed by atoms with Gasteiger partial charge in [0.05, 0.1) is 0 Å². The summed E-state index contributed by atoms with van der Waals surface area (Å²) in [6.07, 6.45) is 10.3. The van der Waals surface area contributed by atoms with Crippen molar-refractivity contribution in [3.8, 4) is 0 Å². The highest BCUT2D eigenvalue weighted by Crippen LogP contribution is 2.37. The van der Waals surface area contributed by atoms with Crippen LogP contribution in [-0.4, -0.2) is 29.2 Å². The minimum absolute atomic E-state index is 0.371. The standard InChI is InChI=1S/C16H25NO2/c18-14-8-6-12(7-9-14)11-16(19)17-10-2-4-13-3-1-5-15(13)17/h12-13,15H,1-11H2/t13-,15+/m0/s1. The van der Waals surface area contributed by atoms with Gasteiger partial charge < -0.3 is 4.90 Å². The molecule has 0 unspecified atom stereocenters. The van der Waals surface area contributed by atoms with Crippen molar-refractivity contribution < 1.29 is 9.59 Å². The maximum absolute atomic E-state index is 12.5. The fourth-order valence-corrected chi connectivity index (χ4v) is 4.33. The van der Waals surface area contributed by atoms with Gasteiger partial charge in [0.1, 0.15) is 5.78 Å². The average molecular weight is 263 g/mol. The molecule has 3 rings (SSSR count). The predicted octanol–water partition coefficient (Wildman–Crippen LogP) is 2.93. The molecule has 0 spiro atoms. The Hall–Kier alpha value is -0.860. The van der Waals surface area contributed by atoms with Gasteiger partial charge in [0.2, 0.25) is 5.91 Å². The molecule has 1 saturated heterocycles. The number of carbonyl (C=O) groups excluding carboxylic acids is 2. The minimum atomic E-state index is 0.371. The monoisotopic (exact) mass is 263 g/mol. The number of hydrogen-bond acceptors (Lipinski definition) is 2. The fraction of sp³-hybridized carbons (Fsp3) is 0.875. The number of fused-ring (bicyclic) bond motifs is 1. The Morgan fingerprint density at radius 1 is 1.05 bits per heavy atom. The maximum atomic E-state index is 12.5. The zero-order chi connectivity index (χ0) is 13.2. The Kier molecular flexibility index (Phi) is 3.90. The lowest BCUT2D eigenvalue weighted by Gasteiger charge is -2.38. The van der Waals surface area contributed by atoms with E-state index in [0.29, 0.717) is 42.9 Å². The van der Waals surface area contributed by atoms with Gasteiger partial charge in [-0.3, -0.25) is 9.59 Å². The van der Waals surface area contributed by atoms with Crippen LogP contribution in [-0.2, 0) is 9.59 Å². The lowest BCUT2D eigenvalue weighted by molar-refractivity contribution is -0.137. The number of ketones is 1. The highest BCUT2D eigenvalue weighted by atomic mass is 16.2. The summed E-state index contributed by atoms with van der Waals surface area (Å²) in [7, 11) is 0. The van der Waals surface area contributed by atoms with E-state index in [9.17, 15) is 9.59 Å². The molecule has 0 aromatic carbocycles. The molecule has 1 aliphatic heterocycles. The van der Waals surface area contributed by atoms with Crippen molar-refractivity contribution in [2.75, 3.05) is 6.54 Å². The summed E-state index contributed by atoms with van der Waals surface area (Å²) in [6.45, 7) is 0.978. The first kappa shape index (κ1) is 13.1. The molecule has 3 aliphatic rings. The Balaban J connectivity index is 1.56. The number of likely N-dealkylation sites (tertiary alicyclic amines) is 1. The molecule has 0 aromatic rings. The molecule has 0 radical (unpaired) electrons. The summed E-state index contributed by atoms with van der Waals surface area (Å²) in [5.41, 5.74) is 0. The lowest BCUT2D eigenvalue weighted by atomic mass is 9.85. The third-order valence-corrected chi connectivity index (χ3v) is 5.44. The first-order chi connectivity index (χ1) is 9.24. The van der Waals surface area contributed by atoms with E-state index in [1.54, 1.807) is 0 Å². The summed E-state index contributed by atoms with van der Waals surface area (Å²) in [4.78, 5) is 26.0. The molecule has 1 heterocycles. The van der Waals surface area contributed by atoms with Crippen molar-refractivity contribution in [1.82, 2.24) is 4.90 Å². The van der Waals surface area contributed by atoms with Crippen LogP contribution in [0, 0.1) is 11.8 Å². The number of nitrogens with zero attached hydrogens (tertiary/aromatic N) is 1. The SMILES string of the molecule is O=C1CCC(CC(=O)N2CCC[C@@H]3CCC[C@H]32)CC1. The normalized spacial score (nSPS) is 32.4. The van der Waals surface area contributed by atoms with Crippen LogP contribution in [0.5, 0.6) is 0 Å². The van der Waals surface area contributed by atoms with E-state index in [0.717, 1.165) is 25.3 Å². The Labute approximate surface area is 115 Å². The molecule has 0 N–H and O–H groups in total. The molecule has 3 heteroatoms. The van der Waals surface area contributed by atoms with Crippen LogP contribution in [0.3, 0.4) is 0 Å². The quantitative estimate of drug-likeness (QED) is 0.768. The minimum Gasteiger partial charge on any atom is -0.339 e. The molecule has 106 valence electrons. The molecule has 2 atom stereocenters. The highest BCUT2D eigenvalue weighted by Gasteiger charge is 2.37. The highest BCUT2D eigenvalue weighted by molar-refractivity contribution is 5.80. The number of hydrogen-bond donors (Lipinski definition) is 0. The van der Waals surface area contributed by atoms with Crippen LogP contribution in [0.25, 0.3) is 0 Å². The van der Waals surface area contributed by atoms with Crippen molar-refractivity contribution in [3.05, 3.63) is 0 Å². The Morgan fingerprint density at radius 2 is 1.79 bits per heavy atom. The molecule has 3 nitrogen and oxygen atoms in total. The van der Waals surface area contributed by atoms with Gasteiger partial charge in [-0.1, -0.05) is 6.42 Å². The van der Waals surface area contributed by atoms with Gasteiger partial charge >= 0.3 is 0 Å². The van der Waals surface area contributed by atoms with Crippen LogP contribution in [0.4, 0.5) is 0 Å². The molecule has 0 bridgehead atoms. The van der Waals surface area contributed by atoms with Gasteiger partial charge in [-0.2, -0.15) is 0 Å². The predicted molar refractivity (Wildman–Crippen MR) is 73.7 cm³/mol. The van der Waals surface area contributed by atoms with Crippen molar-refractivity contribution in [1.29, 1.82) is 0 Å². The van der Waals surface area contributed by atoms with Crippen LogP contribution < -0.4 is 0 Å². The molecule has 19 heavy (non-hydrogen) atoms. The maximum Gasteiger partial charge on any atom is 0.223 e. The second kappa shape index (κ2) is 5.64. The lowest BCUT2D eigenvalue weighted by Crippen LogP contribution is -2.46. The summed E-state index contributed by atoms with van der Waals surface area (Å²) >= 11 is 0.